The first-order valence-electron chi connectivity index (χ1n) is 8.45. The molecule has 3 rings (SSSR count). The standard InChI is InChI=1S/C20H21FN2O2/c1-14-4-10-18(11-5-14)22-19(24)16-3-2-12-23(13-16)20(25)15-6-8-17(21)9-7-15/h4-11,16H,2-3,12-13H2,1H3,(H,22,24)/t16-/m1/s1. The molecule has 130 valence electrons. The highest BCUT2D eigenvalue weighted by Crippen LogP contribution is 2.21. The van der Waals surface area contributed by atoms with Crippen LogP contribution in [0.15, 0.2) is 48.5 Å². The van der Waals surface area contributed by atoms with Gasteiger partial charge in [0.05, 0.1) is 5.92 Å². The van der Waals surface area contributed by atoms with E-state index in [9.17, 15) is 14.0 Å². The second-order valence-corrected chi connectivity index (χ2v) is 6.45. The number of aryl methyl sites for hydroxylation is 1. The van der Waals surface area contributed by atoms with Crippen LogP contribution in [-0.2, 0) is 4.79 Å². The van der Waals surface area contributed by atoms with Gasteiger partial charge in [0.25, 0.3) is 5.91 Å². The van der Waals surface area contributed by atoms with E-state index in [1.807, 2.05) is 31.2 Å². The Labute approximate surface area is 146 Å². The van der Waals surface area contributed by atoms with Gasteiger partial charge in [0, 0.05) is 24.3 Å². The lowest BCUT2D eigenvalue weighted by molar-refractivity contribution is -0.121. The van der Waals surface area contributed by atoms with Crippen molar-refractivity contribution in [2.75, 3.05) is 18.4 Å². The van der Waals surface area contributed by atoms with Gasteiger partial charge in [-0.3, -0.25) is 9.59 Å². The molecule has 0 unspecified atom stereocenters. The molecule has 2 aromatic rings. The number of piperidine rings is 1. The topological polar surface area (TPSA) is 49.4 Å². The van der Waals surface area contributed by atoms with Crippen LogP contribution in [0.2, 0.25) is 0 Å². The first kappa shape index (κ1) is 17.1. The second-order valence-electron chi connectivity index (χ2n) is 6.45. The Morgan fingerprint density at radius 1 is 1.08 bits per heavy atom. The minimum atomic E-state index is -0.370. The highest BCUT2D eigenvalue weighted by atomic mass is 19.1. The average molecular weight is 340 g/mol. The van der Waals surface area contributed by atoms with Gasteiger partial charge in [-0.15, -0.1) is 0 Å². The molecular weight excluding hydrogens is 319 g/mol. The molecule has 2 aromatic carbocycles. The molecule has 1 aliphatic rings. The molecule has 1 fully saturated rings. The number of amides is 2. The summed E-state index contributed by atoms with van der Waals surface area (Å²) in [6.07, 6.45) is 1.53. The molecule has 1 saturated heterocycles. The average Bonchev–Trinajstić information content (AvgIpc) is 2.64. The third-order valence-electron chi connectivity index (χ3n) is 4.49. The van der Waals surface area contributed by atoms with Crippen LogP contribution in [0, 0.1) is 18.7 Å². The molecule has 1 atom stereocenters. The van der Waals surface area contributed by atoms with E-state index >= 15 is 0 Å². The van der Waals surface area contributed by atoms with Crippen molar-refractivity contribution in [3.05, 3.63) is 65.5 Å². The van der Waals surface area contributed by atoms with E-state index in [-0.39, 0.29) is 23.5 Å². The zero-order valence-electron chi connectivity index (χ0n) is 14.2. The third kappa shape index (κ3) is 4.24. The minimum absolute atomic E-state index is 0.0690. The zero-order valence-corrected chi connectivity index (χ0v) is 14.2. The molecule has 0 aliphatic carbocycles. The summed E-state index contributed by atoms with van der Waals surface area (Å²) >= 11 is 0. The van der Waals surface area contributed by atoms with E-state index in [2.05, 4.69) is 5.32 Å². The Kier molecular flexibility index (Phi) is 5.12. The maximum Gasteiger partial charge on any atom is 0.253 e. The Hall–Kier alpha value is -2.69. The fourth-order valence-electron chi connectivity index (χ4n) is 3.03. The Balaban J connectivity index is 1.63. The number of carbonyl (C=O) groups is 2. The number of carbonyl (C=O) groups excluding carboxylic acids is 2. The lowest BCUT2D eigenvalue weighted by Gasteiger charge is -2.32. The predicted molar refractivity (Wildman–Crippen MR) is 94.8 cm³/mol. The molecule has 0 spiro atoms. The van der Waals surface area contributed by atoms with Crippen LogP contribution in [0.25, 0.3) is 0 Å². The summed E-state index contributed by atoms with van der Waals surface area (Å²) in [5.41, 5.74) is 2.34. The Bertz CT molecular complexity index is 756. The molecule has 0 aromatic heterocycles. The van der Waals surface area contributed by atoms with Crippen molar-refractivity contribution >= 4 is 17.5 Å². The number of halogens is 1. The number of nitrogens with zero attached hydrogens (tertiary/aromatic N) is 1. The Morgan fingerprint density at radius 2 is 1.76 bits per heavy atom. The molecule has 5 heteroatoms. The SMILES string of the molecule is Cc1ccc(NC(=O)[C@@H]2CCCN(C(=O)c3ccc(F)cc3)C2)cc1. The first-order chi connectivity index (χ1) is 12.0. The van der Waals surface area contributed by atoms with Crippen molar-refractivity contribution < 1.29 is 14.0 Å². The molecule has 0 radical (unpaired) electrons. The largest absolute Gasteiger partial charge is 0.338 e. The summed E-state index contributed by atoms with van der Waals surface area (Å²) in [6, 6.07) is 13.1. The lowest BCUT2D eigenvalue weighted by atomic mass is 9.96. The molecule has 25 heavy (non-hydrogen) atoms. The van der Waals surface area contributed by atoms with Crippen LogP contribution < -0.4 is 5.32 Å². The van der Waals surface area contributed by atoms with Crippen LogP contribution in [0.3, 0.4) is 0 Å². The van der Waals surface area contributed by atoms with E-state index in [1.165, 1.54) is 24.3 Å². The van der Waals surface area contributed by atoms with Crippen molar-refractivity contribution in [3.8, 4) is 0 Å². The van der Waals surface area contributed by atoms with Gasteiger partial charge in [0.1, 0.15) is 5.82 Å². The van der Waals surface area contributed by atoms with Gasteiger partial charge < -0.3 is 10.2 Å². The molecule has 1 N–H and O–H groups in total. The van der Waals surface area contributed by atoms with Crippen LogP contribution in [0.4, 0.5) is 10.1 Å². The fourth-order valence-corrected chi connectivity index (χ4v) is 3.03. The zero-order chi connectivity index (χ0) is 17.8. The van der Waals surface area contributed by atoms with Crippen LogP contribution >= 0.6 is 0 Å². The smallest absolute Gasteiger partial charge is 0.253 e. The minimum Gasteiger partial charge on any atom is -0.338 e. The van der Waals surface area contributed by atoms with E-state index in [0.29, 0.717) is 18.7 Å². The summed E-state index contributed by atoms with van der Waals surface area (Å²) in [7, 11) is 0. The van der Waals surface area contributed by atoms with Crippen molar-refractivity contribution in [2.24, 2.45) is 5.92 Å². The molecular formula is C20H21FN2O2. The maximum absolute atomic E-state index is 13.0. The van der Waals surface area contributed by atoms with Gasteiger partial charge in [-0.05, 0) is 56.2 Å². The second kappa shape index (κ2) is 7.47. The first-order valence-corrected chi connectivity index (χ1v) is 8.45. The van der Waals surface area contributed by atoms with Gasteiger partial charge in [-0.2, -0.15) is 0 Å². The van der Waals surface area contributed by atoms with E-state index in [4.69, 9.17) is 0 Å². The number of benzene rings is 2. The van der Waals surface area contributed by atoms with E-state index in [1.54, 1.807) is 4.90 Å². The highest BCUT2D eigenvalue weighted by Gasteiger charge is 2.29. The molecule has 0 saturated carbocycles. The van der Waals surface area contributed by atoms with Crippen molar-refractivity contribution in [1.82, 2.24) is 4.90 Å². The van der Waals surface area contributed by atoms with Crippen molar-refractivity contribution in [3.63, 3.8) is 0 Å². The molecule has 0 bridgehead atoms. The van der Waals surface area contributed by atoms with Gasteiger partial charge in [-0.1, -0.05) is 17.7 Å². The summed E-state index contributed by atoms with van der Waals surface area (Å²) < 4.78 is 13.0. The van der Waals surface area contributed by atoms with Gasteiger partial charge in [0.15, 0.2) is 0 Å². The number of likely N-dealkylation sites (tertiary alicyclic amines) is 1. The van der Waals surface area contributed by atoms with Crippen LogP contribution in [-0.4, -0.2) is 29.8 Å². The number of hydrogen-bond acceptors (Lipinski definition) is 2. The monoisotopic (exact) mass is 340 g/mol. The lowest BCUT2D eigenvalue weighted by Crippen LogP contribution is -2.43. The van der Waals surface area contributed by atoms with Crippen LogP contribution in [0.5, 0.6) is 0 Å². The third-order valence-corrected chi connectivity index (χ3v) is 4.49. The summed E-state index contributed by atoms with van der Waals surface area (Å²) in [4.78, 5) is 26.7. The fraction of sp³-hybridized carbons (Fsp3) is 0.300. The normalized spacial score (nSPS) is 17.2. The number of anilines is 1. The molecule has 1 heterocycles. The molecule has 1 aliphatic heterocycles. The van der Waals surface area contributed by atoms with E-state index in [0.717, 1.165) is 24.1 Å². The van der Waals surface area contributed by atoms with Gasteiger partial charge in [-0.25, -0.2) is 4.39 Å². The number of rotatable bonds is 3. The van der Waals surface area contributed by atoms with E-state index < -0.39 is 0 Å². The Morgan fingerprint density at radius 3 is 2.44 bits per heavy atom. The maximum atomic E-state index is 13.0. The van der Waals surface area contributed by atoms with Gasteiger partial charge in [0.2, 0.25) is 5.91 Å². The molecule has 4 nitrogen and oxygen atoms in total. The quantitative estimate of drug-likeness (QED) is 0.928. The molecule has 2 amide bonds. The summed E-state index contributed by atoms with van der Waals surface area (Å²) in [6.45, 7) is 2.99. The van der Waals surface area contributed by atoms with Gasteiger partial charge >= 0.3 is 0 Å². The summed E-state index contributed by atoms with van der Waals surface area (Å²) in [5.74, 6) is -0.835. The van der Waals surface area contributed by atoms with Crippen molar-refractivity contribution in [1.29, 1.82) is 0 Å². The summed E-state index contributed by atoms with van der Waals surface area (Å²) in [5, 5.41) is 2.92. The van der Waals surface area contributed by atoms with Crippen LogP contribution in [0.1, 0.15) is 28.8 Å². The highest BCUT2D eigenvalue weighted by molar-refractivity contribution is 5.96. The predicted octanol–water partition coefficient (Wildman–Crippen LogP) is 3.63. The number of hydrogen-bond donors (Lipinski definition) is 1. The van der Waals surface area contributed by atoms with Crippen molar-refractivity contribution in [2.45, 2.75) is 19.8 Å². The number of nitrogens with one attached hydrogen (secondary N) is 1.